The van der Waals surface area contributed by atoms with Crippen LogP contribution in [-0.4, -0.2) is 45.9 Å². The van der Waals surface area contributed by atoms with Crippen molar-refractivity contribution in [1.82, 2.24) is 9.13 Å². The number of aliphatic hydroxyl groups excluding tert-OH is 1. The molecule has 1 aliphatic heterocycles. The lowest BCUT2D eigenvalue weighted by Gasteiger charge is -2.20. The van der Waals surface area contributed by atoms with E-state index in [1.165, 1.54) is 10.8 Å². The highest BCUT2D eigenvalue weighted by Gasteiger charge is 2.42. The van der Waals surface area contributed by atoms with Crippen molar-refractivity contribution < 1.29 is 19.1 Å². The van der Waals surface area contributed by atoms with Crippen LogP contribution >= 0.6 is 7.14 Å². The van der Waals surface area contributed by atoms with Crippen LogP contribution in [0, 0.1) is 12.8 Å². The highest BCUT2D eigenvalue weighted by atomic mass is 31.2. The zero-order valence-corrected chi connectivity index (χ0v) is 19.3. The van der Waals surface area contributed by atoms with Gasteiger partial charge in [0.05, 0.1) is 19.9 Å². The summed E-state index contributed by atoms with van der Waals surface area (Å²) in [6.07, 6.45) is 0.294. The predicted molar refractivity (Wildman–Crippen MR) is 119 cm³/mol. The molecule has 170 valence electrons. The lowest BCUT2D eigenvalue weighted by molar-refractivity contribution is -0.0427. The number of aryl methyl sites for hydroxylation is 1. The summed E-state index contributed by atoms with van der Waals surface area (Å²) < 4.78 is 26.0. The molecule has 8 nitrogen and oxygen atoms in total. The third-order valence-electron chi connectivity index (χ3n) is 5.66. The van der Waals surface area contributed by atoms with Crippen molar-refractivity contribution in [1.29, 1.82) is 0 Å². The van der Waals surface area contributed by atoms with Gasteiger partial charge in [-0.25, -0.2) is 9.36 Å². The van der Waals surface area contributed by atoms with Crippen LogP contribution in [0.5, 0.6) is 0 Å². The molecule has 31 heavy (non-hydrogen) atoms. The van der Waals surface area contributed by atoms with Gasteiger partial charge in [-0.15, -0.1) is 0 Å². The van der Waals surface area contributed by atoms with E-state index < -0.39 is 30.7 Å². The van der Waals surface area contributed by atoms with Gasteiger partial charge in [0.1, 0.15) is 12.8 Å². The summed E-state index contributed by atoms with van der Waals surface area (Å²) in [5.41, 5.74) is 0.238. The van der Waals surface area contributed by atoms with Crippen molar-refractivity contribution in [2.24, 2.45) is 5.92 Å². The van der Waals surface area contributed by atoms with Crippen molar-refractivity contribution in [2.45, 2.75) is 52.0 Å². The van der Waals surface area contributed by atoms with Gasteiger partial charge >= 0.3 is 5.69 Å². The second-order valence-corrected chi connectivity index (χ2v) is 12.3. The minimum atomic E-state index is -2.22. The molecular formula is C22H31N2O6P. The summed E-state index contributed by atoms with van der Waals surface area (Å²) in [5, 5.41) is 10.7. The molecule has 0 aliphatic carbocycles. The van der Waals surface area contributed by atoms with Crippen LogP contribution < -0.4 is 11.2 Å². The Balaban J connectivity index is 1.80. The van der Waals surface area contributed by atoms with E-state index in [1.54, 1.807) is 20.3 Å². The van der Waals surface area contributed by atoms with Crippen LogP contribution in [0.25, 0.3) is 0 Å². The minimum Gasteiger partial charge on any atom is -0.388 e. The van der Waals surface area contributed by atoms with E-state index in [2.05, 4.69) is 0 Å². The first kappa shape index (κ1) is 23.7. The maximum absolute atomic E-state index is 13.1. The molecule has 1 aliphatic rings. The smallest absolute Gasteiger partial charge is 0.335 e. The van der Waals surface area contributed by atoms with Crippen LogP contribution in [0.15, 0.2) is 46.1 Å². The fourth-order valence-electron chi connectivity index (χ4n) is 3.75. The Bertz CT molecular complexity index is 1060. The van der Waals surface area contributed by atoms with Gasteiger partial charge in [0, 0.05) is 23.8 Å². The molecule has 4 atom stereocenters. The Morgan fingerprint density at radius 1 is 1.19 bits per heavy atom. The highest BCUT2D eigenvalue weighted by molar-refractivity contribution is 7.62. The van der Waals surface area contributed by atoms with Crippen LogP contribution in [0.2, 0.25) is 0 Å². The monoisotopic (exact) mass is 450 g/mol. The third kappa shape index (κ3) is 5.63. The molecule has 0 spiro atoms. The SMILES string of the molecule is Cc1cn([C@@H]2O[C@H](CCP(C)(C)=O)[C@@H](C)[C@H]2O)c(=O)n(COCc2ccccc2)c1=O. The molecule has 0 saturated carbocycles. The number of hydrogen-bond acceptors (Lipinski definition) is 6. The lowest BCUT2D eigenvalue weighted by Crippen LogP contribution is -2.44. The van der Waals surface area contributed by atoms with Gasteiger partial charge in [0.15, 0.2) is 6.23 Å². The number of aliphatic hydroxyl groups is 1. The van der Waals surface area contributed by atoms with E-state index in [1.807, 2.05) is 37.3 Å². The molecule has 0 bridgehead atoms. The summed E-state index contributed by atoms with van der Waals surface area (Å²) in [6.45, 7) is 6.96. The summed E-state index contributed by atoms with van der Waals surface area (Å²) >= 11 is 0. The largest absolute Gasteiger partial charge is 0.388 e. The Hall–Kier alpha value is -1.99. The minimum absolute atomic E-state index is 0.203. The van der Waals surface area contributed by atoms with Crippen molar-refractivity contribution in [3.05, 3.63) is 68.5 Å². The lowest BCUT2D eigenvalue weighted by atomic mass is 9.99. The first-order valence-corrected chi connectivity index (χ1v) is 13.2. The Morgan fingerprint density at radius 2 is 1.87 bits per heavy atom. The molecule has 1 aromatic carbocycles. The van der Waals surface area contributed by atoms with Gasteiger partial charge < -0.3 is 19.1 Å². The molecule has 1 saturated heterocycles. The van der Waals surface area contributed by atoms with Crippen LogP contribution in [0.4, 0.5) is 0 Å². The molecule has 0 radical (unpaired) electrons. The quantitative estimate of drug-likeness (QED) is 0.620. The summed E-state index contributed by atoms with van der Waals surface area (Å²) in [7, 11) is -2.22. The van der Waals surface area contributed by atoms with Gasteiger partial charge in [-0.3, -0.25) is 9.36 Å². The maximum Gasteiger partial charge on any atom is 0.335 e. The second kappa shape index (κ2) is 9.65. The number of nitrogens with zero attached hydrogens (tertiary/aromatic N) is 2. The van der Waals surface area contributed by atoms with Gasteiger partial charge in [-0.05, 0) is 32.2 Å². The number of ether oxygens (including phenoxy) is 2. The molecule has 9 heteroatoms. The number of hydrogen-bond donors (Lipinski definition) is 1. The third-order valence-corrected chi connectivity index (χ3v) is 6.99. The Labute approximate surface area is 181 Å². The maximum atomic E-state index is 13.1. The Kier molecular flexibility index (Phi) is 7.37. The molecule has 2 heterocycles. The zero-order valence-electron chi connectivity index (χ0n) is 18.4. The summed E-state index contributed by atoms with van der Waals surface area (Å²) in [4.78, 5) is 25.6. The molecule has 1 N–H and O–H groups in total. The van der Waals surface area contributed by atoms with Crippen LogP contribution in [0.1, 0.15) is 30.7 Å². The molecule has 1 aromatic heterocycles. The zero-order chi connectivity index (χ0) is 22.8. The van der Waals surface area contributed by atoms with Crippen molar-refractivity contribution in [3.8, 4) is 0 Å². The van der Waals surface area contributed by atoms with Crippen molar-refractivity contribution in [3.63, 3.8) is 0 Å². The molecule has 0 amide bonds. The average molecular weight is 450 g/mol. The molecule has 3 rings (SSSR count). The number of aromatic nitrogens is 2. The van der Waals surface area contributed by atoms with Crippen LogP contribution in [-0.2, 0) is 27.4 Å². The standard InChI is InChI=1S/C22H31N2O6P/c1-15-12-23(21-19(25)16(2)18(30-21)10-11-31(3,4)28)22(27)24(20(15)26)14-29-13-17-8-6-5-7-9-17/h5-9,12,16,18-19,21,25H,10-11,13-14H2,1-4H3/t16-,18-,19-,21-/m1/s1. The van der Waals surface area contributed by atoms with E-state index in [9.17, 15) is 19.3 Å². The number of benzene rings is 1. The summed E-state index contributed by atoms with van der Waals surface area (Å²) in [5.74, 6) is -0.238. The van der Waals surface area contributed by atoms with E-state index in [0.29, 0.717) is 18.1 Å². The van der Waals surface area contributed by atoms with Crippen LogP contribution in [0.3, 0.4) is 0 Å². The first-order chi connectivity index (χ1) is 14.6. The topological polar surface area (TPSA) is 99.8 Å². The fourth-order valence-corrected chi connectivity index (χ4v) is 4.62. The van der Waals surface area contributed by atoms with E-state index in [0.717, 1.165) is 10.1 Å². The average Bonchev–Trinajstić information content (AvgIpc) is 3.00. The Morgan fingerprint density at radius 3 is 2.52 bits per heavy atom. The molecule has 1 fully saturated rings. The summed E-state index contributed by atoms with van der Waals surface area (Å²) in [6, 6.07) is 9.46. The molecule has 0 unspecified atom stereocenters. The predicted octanol–water partition coefficient (Wildman–Crippen LogP) is 2.40. The highest BCUT2D eigenvalue weighted by Crippen LogP contribution is 2.41. The molecule has 2 aromatic rings. The molecular weight excluding hydrogens is 419 g/mol. The van der Waals surface area contributed by atoms with E-state index >= 15 is 0 Å². The van der Waals surface area contributed by atoms with Gasteiger partial charge in [-0.2, -0.15) is 0 Å². The van der Waals surface area contributed by atoms with Gasteiger partial charge in [0.25, 0.3) is 5.56 Å². The van der Waals surface area contributed by atoms with Gasteiger partial charge in [-0.1, -0.05) is 37.3 Å². The fraction of sp³-hybridized carbons (Fsp3) is 0.545. The van der Waals surface area contributed by atoms with Gasteiger partial charge in [0.2, 0.25) is 0 Å². The van der Waals surface area contributed by atoms with E-state index in [4.69, 9.17) is 9.47 Å². The van der Waals surface area contributed by atoms with Crippen molar-refractivity contribution >= 4 is 7.14 Å². The second-order valence-electron chi connectivity index (χ2n) is 8.70. The normalized spacial score (nSPS) is 23.9. The van der Waals surface area contributed by atoms with E-state index in [-0.39, 0.29) is 25.4 Å². The van der Waals surface area contributed by atoms with Crippen molar-refractivity contribution in [2.75, 3.05) is 19.5 Å². The first-order valence-electron chi connectivity index (χ1n) is 10.4. The number of rotatable bonds is 8.